The van der Waals surface area contributed by atoms with Crippen LogP contribution in [0.5, 0.6) is 11.5 Å². The Kier molecular flexibility index (Phi) is 4.99. The zero-order valence-electron chi connectivity index (χ0n) is 11.2. The standard InChI is InChI=1S/C15H15Cl2NO2/c1-19-13-7-6-11(8-14(13)20-2)18-9-10-4-3-5-12(16)15(10)17/h3-8,18H,9H2,1-2H3. The number of anilines is 1. The zero-order chi connectivity index (χ0) is 14.5. The van der Waals surface area contributed by atoms with Crippen molar-refractivity contribution in [2.45, 2.75) is 6.54 Å². The number of hydrogen-bond donors (Lipinski definition) is 1. The van der Waals surface area contributed by atoms with Crippen LogP contribution in [0.3, 0.4) is 0 Å². The second-order valence-electron chi connectivity index (χ2n) is 4.14. The van der Waals surface area contributed by atoms with Crippen molar-refractivity contribution in [2.75, 3.05) is 19.5 Å². The van der Waals surface area contributed by atoms with Crippen LogP contribution in [0, 0.1) is 0 Å². The monoisotopic (exact) mass is 311 g/mol. The van der Waals surface area contributed by atoms with Crippen molar-refractivity contribution in [3.8, 4) is 11.5 Å². The Bertz CT molecular complexity index is 602. The van der Waals surface area contributed by atoms with E-state index in [0.29, 0.717) is 28.1 Å². The summed E-state index contributed by atoms with van der Waals surface area (Å²) in [4.78, 5) is 0. The Morgan fingerprint density at radius 2 is 1.75 bits per heavy atom. The van der Waals surface area contributed by atoms with Gasteiger partial charge in [0.15, 0.2) is 11.5 Å². The van der Waals surface area contributed by atoms with Gasteiger partial charge in [0.1, 0.15) is 0 Å². The SMILES string of the molecule is COc1ccc(NCc2cccc(Cl)c2Cl)cc1OC. The molecule has 0 saturated heterocycles. The van der Waals surface area contributed by atoms with Crippen LogP contribution in [-0.4, -0.2) is 14.2 Å². The van der Waals surface area contributed by atoms with Gasteiger partial charge in [0.25, 0.3) is 0 Å². The van der Waals surface area contributed by atoms with Crippen molar-refractivity contribution < 1.29 is 9.47 Å². The molecular weight excluding hydrogens is 297 g/mol. The van der Waals surface area contributed by atoms with Gasteiger partial charge in [0, 0.05) is 18.3 Å². The summed E-state index contributed by atoms with van der Waals surface area (Å²) >= 11 is 12.1. The van der Waals surface area contributed by atoms with E-state index in [1.54, 1.807) is 20.3 Å². The molecule has 0 aliphatic carbocycles. The largest absolute Gasteiger partial charge is 0.493 e. The Hall–Kier alpha value is -1.58. The number of benzene rings is 2. The summed E-state index contributed by atoms with van der Waals surface area (Å²) < 4.78 is 10.5. The summed E-state index contributed by atoms with van der Waals surface area (Å²) in [5.41, 5.74) is 1.85. The number of methoxy groups -OCH3 is 2. The van der Waals surface area contributed by atoms with E-state index in [4.69, 9.17) is 32.7 Å². The van der Waals surface area contributed by atoms with Gasteiger partial charge < -0.3 is 14.8 Å². The Labute approximate surface area is 128 Å². The molecule has 0 heterocycles. The highest BCUT2D eigenvalue weighted by Gasteiger charge is 2.06. The topological polar surface area (TPSA) is 30.5 Å². The lowest BCUT2D eigenvalue weighted by atomic mass is 10.2. The number of rotatable bonds is 5. The van der Waals surface area contributed by atoms with Gasteiger partial charge in [-0.2, -0.15) is 0 Å². The van der Waals surface area contributed by atoms with E-state index < -0.39 is 0 Å². The maximum Gasteiger partial charge on any atom is 0.162 e. The van der Waals surface area contributed by atoms with Crippen molar-refractivity contribution in [3.05, 3.63) is 52.0 Å². The fourth-order valence-corrected chi connectivity index (χ4v) is 2.22. The molecular formula is C15H15Cl2NO2. The van der Waals surface area contributed by atoms with E-state index >= 15 is 0 Å². The highest BCUT2D eigenvalue weighted by atomic mass is 35.5. The lowest BCUT2D eigenvalue weighted by molar-refractivity contribution is 0.355. The molecule has 0 spiro atoms. The van der Waals surface area contributed by atoms with Gasteiger partial charge in [-0.05, 0) is 23.8 Å². The lowest BCUT2D eigenvalue weighted by Crippen LogP contribution is -2.01. The third kappa shape index (κ3) is 3.30. The van der Waals surface area contributed by atoms with E-state index in [0.717, 1.165) is 11.3 Å². The summed E-state index contributed by atoms with van der Waals surface area (Å²) in [5, 5.41) is 4.40. The molecule has 0 saturated carbocycles. The maximum atomic E-state index is 6.15. The molecule has 0 fully saturated rings. The highest BCUT2D eigenvalue weighted by Crippen LogP contribution is 2.31. The van der Waals surface area contributed by atoms with Crippen LogP contribution in [0.2, 0.25) is 10.0 Å². The smallest absolute Gasteiger partial charge is 0.162 e. The van der Waals surface area contributed by atoms with Crippen LogP contribution < -0.4 is 14.8 Å². The third-order valence-corrected chi connectivity index (χ3v) is 3.76. The quantitative estimate of drug-likeness (QED) is 0.873. The molecule has 0 aliphatic rings. The Balaban J connectivity index is 2.13. The summed E-state index contributed by atoms with van der Waals surface area (Å²) in [6, 6.07) is 11.2. The van der Waals surface area contributed by atoms with Crippen molar-refractivity contribution in [1.82, 2.24) is 0 Å². The first-order valence-electron chi connectivity index (χ1n) is 6.04. The number of ether oxygens (including phenoxy) is 2. The first kappa shape index (κ1) is 14.8. The summed E-state index contributed by atoms with van der Waals surface area (Å²) in [5.74, 6) is 1.37. The number of halogens is 2. The van der Waals surface area contributed by atoms with Crippen LogP contribution in [0.15, 0.2) is 36.4 Å². The van der Waals surface area contributed by atoms with E-state index in [9.17, 15) is 0 Å². The van der Waals surface area contributed by atoms with Gasteiger partial charge in [-0.25, -0.2) is 0 Å². The summed E-state index contributed by atoms with van der Waals surface area (Å²) in [6.45, 7) is 0.578. The van der Waals surface area contributed by atoms with E-state index in [1.807, 2.05) is 30.3 Å². The van der Waals surface area contributed by atoms with Gasteiger partial charge in [0.05, 0.1) is 24.3 Å². The van der Waals surface area contributed by atoms with Crippen molar-refractivity contribution in [1.29, 1.82) is 0 Å². The van der Waals surface area contributed by atoms with Gasteiger partial charge in [-0.1, -0.05) is 35.3 Å². The normalized spacial score (nSPS) is 10.2. The molecule has 0 atom stereocenters. The van der Waals surface area contributed by atoms with Crippen LogP contribution in [-0.2, 0) is 6.54 Å². The van der Waals surface area contributed by atoms with Gasteiger partial charge in [-0.15, -0.1) is 0 Å². The minimum atomic E-state index is 0.554. The number of hydrogen-bond acceptors (Lipinski definition) is 3. The molecule has 0 aromatic heterocycles. The van der Waals surface area contributed by atoms with Crippen LogP contribution in [0.4, 0.5) is 5.69 Å². The predicted molar refractivity (Wildman–Crippen MR) is 83.3 cm³/mol. The van der Waals surface area contributed by atoms with Crippen molar-refractivity contribution in [2.24, 2.45) is 0 Å². The number of nitrogens with one attached hydrogen (secondary N) is 1. The molecule has 2 aromatic carbocycles. The Morgan fingerprint density at radius 1 is 1.00 bits per heavy atom. The van der Waals surface area contributed by atoms with Gasteiger partial charge >= 0.3 is 0 Å². The molecule has 2 aromatic rings. The minimum absolute atomic E-state index is 0.554. The second kappa shape index (κ2) is 6.73. The molecule has 0 bridgehead atoms. The molecule has 0 radical (unpaired) electrons. The summed E-state index contributed by atoms with van der Waals surface area (Å²) in [6.07, 6.45) is 0. The predicted octanol–water partition coefficient (Wildman–Crippen LogP) is 4.62. The van der Waals surface area contributed by atoms with Crippen molar-refractivity contribution in [3.63, 3.8) is 0 Å². The molecule has 0 amide bonds. The molecule has 1 N–H and O–H groups in total. The average molecular weight is 312 g/mol. The highest BCUT2D eigenvalue weighted by molar-refractivity contribution is 6.42. The molecule has 2 rings (SSSR count). The van der Waals surface area contributed by atoms with E-state index in [-0.39, 0.29) is 0 Å². The zero-order valence-corrected chi connectivity index (χ0v) is 12.8. The lowest BCUT2D eigenvalue weighted by Gasteiger charge is -2.12. The van der Waals surface area contributed by atoms with Crippen LogP contribution >= 0.6 is 23.2 Å². The summed E-state index contributed by atoms with van der Waals surface area (Å²) in [7, 11) is 3.21. The van der Waals surface area contributed by atoms with Crippen LogP contribution in [0.1, 0.15) is 5.56 Å². The fraction of sp³-hybridized carbons (Fsp3) is 0.200. The minimum Gasteiger partial charge on any atom is -0.493 e. The first-order valence-corrected chi connectivity index (χ1v) is 6.80. The molecule has 5 heteroatoms. The van der Waals surface area contributed by atoms with Gasteiger partial charge in [-0.3, -0.25) is 0 Å². The maximum absolute atomic E-state index is 6.15. The van der Waals surface area contributed by atoms with Gasteiger partial charge in [0.2, 0.25) is 0 Å². The van der Waals surface area contributed by atoms with Crippen molar-refractivity contribution >= 4 is 28.9 Å². The molecule has 0 aliphatic heterocycles. The molecule has 0 unspecified atom stereocenters. The Morgan fingerprint density at radius 3 is 2.45 bits per heavy atom. The van der Waals surface area contributed by atoms with E-state index in [2.05, 4.69) is 5.32 Å². The molecule has 3 nitrogen and oxygen atoms in total. The van der Waals surface area contributed by atoms with Crippen LogP contribution in [0.25, 0.3) is 0 Å². The second-order valence-corrected chi connectivity index (χ2v) is 4.92. The third-order valence-electron chi connectivity index (χ3n) is 2.90. The molecule has 20 heavy (non-hydrogen) atoms. The average Bonchev–Trinajstić information content (AvgIpc) is 2.48. The fourth-order valence-electron chi connectivity index (χ4n) is 1.83. The van der Waals surface area contributed by atoms with E-state index in [1.165, 1.54) is 0 Å². The molecule has 106 valence electrons. The first-order chi connectivity index (χ1) is 9.65.